The van der Waals surface area contributed by atoms with Gasteiger partial charge in [-0.3, -0.25) is 0 Å². The van der Waals surface area contributed by atoms with Crippen LogP contribution in [0.1, 0.15) is 64.3 Å². The van der Waals surface area contributed by atoms with Gasteiger partial charge in [-0.1, -0.05) is 194 Å². The van der Waals surface area contributed by atoms with E-state index in [1.807, 2.05) is 0 Å². The van der Waals surface area contributed by atoms with Gasteiger partial charge in [0.1, 0.15) is 0 Å². The number of fused-ring (bicyclic) bond motifs is 6. The topological polar surface area (TPSA) is 0 Å². The second-order valence-electron chi connectivity index (χ2n) is 15.7. The first-order valence-electron chi connectivity index (χ1n) is 18.8. The largest absolute Gasteiger partial charge is 0.0771 e. The Hall–Kier alpha value is -5.25. The highest BCUT2D eigenvalue weighted by atomic mass is 127. The van der Waals surface area contributed by atoms with Gasteiger partial charge < -0.3 is 0 Å². The van der Waals surface area contributed by atoms with E-state index in [1.54, 1.807) is 0 Å². The van der Waals surface area contributed by atoms with E-state index in [0.29, 0.717) is 0 Å². The first-order valence-corrected chi connectivity index (χ1v) is 19.9. The fraction of sp³-hybridized carbons (Fsp3) is 0.115. The molecule has 3 aliphatic carbocycles. The van der Waals surface area contributed by atoms with Gasteiger partial charge in [0.2, 0.25) is 0 Å². The minimum absolute atomic E-state index is 0.0666. The zero-order valence-corrected chi connectivity index (χ0v) is 32.0. The van der Waals surface area contributed by atoms with Crippen LogP contribution in [0.2, 0.25) is 0 Å². The lowest BCUT2D eigenvalue weighted by molar-refractivity contribution is 0.659. The van der Waals surface area contributed by atoms with Crippen molar-refractivity contribution < 1.29 is 0 Å². The van der Waals surface area contributed by atoms with E-state index in [0.717, 1.165) is 6.42 Å². The van der Waals surface area contributed by atoms with Crippen molar-refractivity contribution >= 4 is 33.4 Å². The quantitative estimate of drug-likeness (QED) is 0.124. The van der Waals surface area contributed by atoms with E-state index in [4.69, 9.17) is 0 Å². The molecule has 11 rings (SSSR count). The third kappa shape index (κ3) is 4.47. The molecule has 2 unspecified atom stereocenters. The molecule has 0 heterocycles. The van der Waals surface area contributed by atoms with Crippen molar-refractivity contribution in [3.63, 3.8) is 0 Å². The van der Waals surface area contributed by atoms with Gasteiger partial charge in [0.25, 0.3) is 0 Å². The van der Waals surface area contributed by atoms with Crippen molar-refractivity contribution in [3.8, 4) is 44.5 Å². The molecule has 53 heavy (non-hydrogen) atoms. The molecule has 8 aromatic rings. The van der Waals surface area contributed by atoms with Gasteiger partial charge in [-0.15, -0.1) is 0 Å². The van der Waals surface area contributed by atoms with Crippen molar-refractivity contribution in [2.24, 2.45) is 0 Å². The summed E-state index contributed by atoms with van der Waals surface area (Å²) in [6.45, 7) is 4.86. The Balaban J connectivity index is 1.20. The SMILES string of the molecule is CC1(C)c2cc3c4cc2-c2c(cccc21)C(c1ccc(-c2cccc5ccccc25)cc1)c1ccc(-c2ccccc2)c(c1)CC4(I)c1ccccc1-3. The maximum atomic E-state index is 2.82. The minimum atomic E-state index is -0.206. The van der Waals surface area contributed by atoms with E-state index in [-0.39, 0.29) is 14.8 Å². The first kappa shape index (κ1) is 31.3. The summed E-state index contributed by atoms with van der Waals surface area (Å²) < 4.78 is -0.206. The van der Waals surface area contributed by atoms with E-state index in [1.165, 1.54) is 99.8 Å². The highest BCUT2D eigenvalue weighted by Crippen LogP contribution is 2.61. The van der Waals surface area contributed by atoms with Crippen molar-refractivity contribution in [2.45, 2.75) is 35.0 Å². The normalized spacial score (nSPS) is 18.4. The smallest absolute Gasteiger partial charge is 0.0680 e. The monoisotopic (exact) mass is 788 g/mol. The zero-order valence-electron chi connectivity index (χ0n) is 29.8. The Morgan fingerprint density at radius 2 is 1.13 bits per heavy atom. The summed E-state index contributed by atoms with van der Waals surface area (Å²) in [5.41, 5.74) is 21.8. The molecule has 0 spiro atoms. The lowest BCUT2D eigenvalue weighted by Gasteiger charge is -2.29. The van der Waals surface area contributed by atoms with Crippen LogP contribution in [0.25, 0.3) is 55.3 Å². The summed E-state index contributed by atoms with van der Waals surface area (Å²) in [5, 5.41) is 2.56. The van der Waals surface area contributed by atoms with Crippen LogP contribution < -0.4 is 0 Å². The predicted molar refractivity (Wildman–Crippen MR) is 230 cm³/mol. The molecular formula is C52H37I. The van der Waals surface area contributed by atoms with E-state index >= 15 is 0 Å². The summed E-state index contributed by atoms with van der Waals surface area (Å²) in [6, 6.07) is 64.6. The molecule has 0 aliphatic heterocycles. The molecule has 2 atom stereocenters. The van der Waals surface area contributed by atoms with Gasteiger partial charge in [-0.25, -0.2) is 0 Å². The lowest BCUT2D eigenvalue weighted by Crippen LogP contribution is -2.21. The molecule has 0 saturated heterocycles. The highest BCUT2D eigenvalue weighted by Gasteiger charge is 2.46. The number of hydrogen-bond donors (Lipinski definition) is 0. The predicted octanol–water partition coefficient (Wildman–Crippen LogP) is 13.9. The van der Waals surface area contributed by atoms with Crippen LogP contribution in [-0.2, 0) is 15.3 Å². The molecule has 0 aromatic heterocycles. The molecule has 0 nitrogen and oxygen atoms in total. The molecule has 8 aromatic carbocycles. The van der Waals surface area contributed by atoms with Crippen molar-refractivity contribution in [2.75, 3.05) is 0 Å². The third-order valence-corrected chi connectivity index (χ3v) is 14.1. The minimum Gasteiger partial charge on any atom is -0.0680 e. The van der Waals surface area contributed by atoms with Gasteiger partial charge in [0, 0.05) is 11.3 Å². The molecule has 0 amide bonds. The maximum absolute atomic E-state index is 2.82. The van der Waals surface area contributed by atoms with Crippen molar-refractivity contribution in [1.82, 2.24) is 0 Å². The average molecular weight is 789 g/mol. The summed E-state index contributed by atoms with van der Waals surface area (Å²) in [5.74, 6) is 0.0666. The van der Waals surface area contributed by atoms with Crippen molar-refractivity contribution in [1.29, 1.82) is 0 Å². The second-order valence-corrected chi connectivity index (χ2v) is 17.6. The van der Waals surface area contributed by atoms with E-state index < -0.39 is 0 Å². The Morgan fingerprint density at radius 1 is 0.472 bits per heavy atom. The fourth-order valence-electron chi connectivity index (χ4n) is 10.0. The van der Waals surface area contributed by atoms with Crippen LogP contribution in [0.3, 0.4) is 0 Å². The molecule has 3 aliphatic rings. The number of halogens is 1. The highest BCUT2D eigenvalue weighted by molar-refractivity contribution is 14.1. The number of benzene rings is 8. The molecule has 252 valence electrons. The van der Waals surface area contributed by atoms with E-state index in [2.05, 4.69) is 206 Å². The van der Waals surface area contributed by atoms with Gasteiger partial charge in [0.15, 0.2) is 0 Å². The Bertz CT molecular complexity index is 2780. The lowest BCUT2D eigenvalue weighted by atomic mass is 9.77. The van der Waals surface area contributed by atoms with Crippen LogP contribution in [0.5, 0.6) is 0 Å². The Kier molecular flexibility index (Phi) is 6.72. The molecule has 4 bridgehead atoms. The molecule has 0 fully saturated rings. The molecule has 0 radical (unpaired) electrons. The number of hydrogen-bond acceptors (Lipinski definition) is 0. The average Bonchev–Trinajstić information content (AvgIpc) is 3.57. The zero-order chi connectivity index (χ0) is 35.5. The summed E-state index contributed by atoms with van der Waals surface area (Å²) in [6.07, 6.45) is 0.910. The van der Waals surface area contributed by atoms with Crippen LogP contribution in [0.15, 0.2) is 170 Å². The second kappa shape index (κ2) is 11.4. The molecule has 1 heteroatoms. The Labute approximate surface area is 325 Å². The maximum Gasteiger partial charge on any atom is 0.0771 e. The van der Waals surface area contributed by atoms with Crippen molar-refractivity contribution in [3.05, 3.63) is 214 Å². The summed E-state index contributed by atoms with van der Waals surface area (Å²) >= 11 is 2.82. The third-order valence-electron chi connectivity index (χ3n) is 12.6. The molecule has 0 saturated carbocycles. The fourth-order valence-corrected chi connectivity index (χ4v) is 11.4. The van der Waals surface area contributed by atoms with Gasteiger partial charge >= 0.3 is 0 Å². The first-order chi connectivity index (χ1) is 25.9. The standard InChI is InChI=1S/C52H37I/c1-51(2)46-21-11-19-42-49(35-24-22-34(23-25-35)40-18-10-15-33-14-6-7-16-39(33)40)36-26-27-38(32-12-4-3-5-13-32)37(28-36)31-52(53)45-20-9-8-17-41(45)43-29-47(51)44(50(42)46)30-48(43)52/h3-30,49H,31H2,1-2H3. The van der Waals surface area contributed by atoms with Gasteiger partial charge in [-0.2, -0.15) is 0 Å². The number of rotatable bonds is 3. The van der Waals surface area contributed by atoms with Crippen LogP contribution in [0, 0.1) is 0 Å². The van der Waals surface area contributed by atoms with Crippen LogP contribution in [-0.4, -0.2) is 0 Å². The summed E-state index contributed by atoms with van der Waals surface area (Å²) in [7, 11) is 0. The van der Waals surface area contributed by atoms with Gasteiger partial charge in [-0.05, 0) is 118 Å². The molecular weight excluding hydrogens is 751 g/mol. The molecule has 0 N–H and O–H groups in total. The van der Waals surface area contributed by atoms with Crippen LogP contribution in [0.4, 0.5) is 0 Å². The van der Waals surface area contributed by atoms with Gasteiger partial charge in [0.05, 0.1) is 3.42 Å². The van der Waals surface area contributed by atoms with Crippen LogP contribution >= 0.6 is 22.6 Å². The summed E-state index contributed by atoms with van der Waals surface area (Å²) in [4.78, 5) is 0. The number of alkyl halides is 1. The Morgan fingerprint density at radius 3 is 2.00 bits per heavy atom. The van der Waals surface area contributed by atoms with E-state index in [9.17, 15) is 0 Å².